The van der Waals surface area contributed by atoms with Gasteiger partial charge in [0.1, 0.15) is 5.75 Å². The highest BCUT2D eigenvalue weighted by atomic mass is 35.5. The Balaban J connectivity index is 2.32. The van der Waals surface area contributed by atoms with E-state index in [1.807, 2.05) is 0 Å². The molecular weight excluding hydrogens is 660 g/mol. The SMILES string of the molecule is CC(CCS(=O)(=O)CC(F)(F)F)NC(=O)c1ccc(/C=C/C(c2cc(Cl)c(Cl)c(Cl)c2)C(F)(F)F)cc1C(F)(F)F. The van der Waals surface area contributed by atoms with Crippen LogP contribution in [0, 0.1) is 0 Å². The number of halogens is 12. The van der Waals surface area contributed by atoms with E-state index in [0.717, 1.165) is 24.3 Å². The third kappa shape index (κ3) is 10.6. The highest BCUT2D eigenvalue weighted by Crippen LogP contribution is 2.41. The molecule has 17 heteroatoms. The average Bonchev–Trinajstić information content (AvgIpc) is 2.78. The molecular formula is C24H19Cl3F9NO3S. The summed E-state index contributed by atoms with van der Waals surface area (Å²) in [6.07, 6.45) is -14.2. The van der Waals surface area contributed by atoms with Crippen molar-refractivity contribution in [3.05, 3.63) is 73.7 Å². The largest absolute Gasteiger partial charge is 0.417 e. The number of hydrogen-bond acceptors (Lipinski definition) is 3. The van der Waals surface area contributed by atoms with Crippen LogP contribution < -0.4 is 5.32 Å². The van der Waals surface area contributed by atoms with Crippen molar-refractivity contribution in [1.82, 2.24) is 5.32 Å². The quantitative estimate of drug-likeness (QED) is 0.214. The molecule has 0 spiro atoms. The van der Waals surface area contributed by atoms with Crippen molar-refractivity contribution < 1.29 is 52.7 Å². The summed E-state index contributed by atoms with van der Waals surface area (Å²) in [6, 6.07) is 2.73. The van der Waals surface area contributed by atoms with Gasteiger partial charge in [-0.2, -0.15) is 39.5 Å². The number of amides is 1. The van der Waals surface area contributed by atoms with E-state index in [0.29, 0.717) is 18.2 Å². The number of benzene rings is 2. The summed E-state index contributed by atoms with van der Waals surface area (Å²) < 4.78 is 143. The number of rotatable bonds is 9. The Bertz CT molecular complexity index is 1380. The Kier molecular flexibility index (Phi) is 11.1. The van der Waals surface area contributed by atoms with Crippen LogP contribution in [0.2, 0.25) is 15.1 Å². The monoisotopic (exact) mass is 677 g/mol. The van der Waals surface area contributed by atoms with Gasteiger partial charge in [-0.1, -0.05) is 53.0 Å². The molecule has 0 aliphatic carbocycles. The normalized spacial score (nSPS) is 14.8. The zero-order valence-electron chi connectivity index (χ0n) is 20.5. The lowest BCUT2D eigenvalue weighted by Gasteiger charge is -2.19. The number of carbonyl (C=O) groups excluding carboxylic acids is 1. The molecule has 0 fully saturated rings. The lowest BCUT2D eigenvalue weighted by molar-refractivity contribution is -0.139. The van der Waals surface area contributed by atoms with E-state index >= 15 is 0 Å². The first-order valence-corrected chi connectivity index (χ1v) is 14.1. The zero-order valence-corrected chi connectivity index (χ0v) is 23.6. The van der Waals surface area contributed by atoms with Crippen LogP contribution in [0.3, 0.4) is 0 Å². The second-order valence-corrected chi connectivity index (χ2v) is 12.2. The standard InChI is InChI=1S/C24H19Cl3F9NO3S/c1-12(6-7-41(39,40)11-22(28,29)30)37-21(38)15-4-2-13(8-17(15)24(34,35)36)3-5-16(23(31,32)33)14-9-18(25)20(27)19(26)10-14/h2-5,8-10,12,16H,6-7,11H2,1H3,(H,37,38)/b5-3+. The molecule has 0 saturated carbocycles. The number of nitrogens with one attached hydrogen (secondary N) is 1. The molecule has 2 atom stereocenters. The van der Waals surface area contributed by atoms with Gasteiger partial charge >= 0.3 is 18.5 Å². The first kappa shape index (κ1) is 35.0. The van der Waals surface area contributed by atoms with Crippen molar-refractivity contribution >= 4 is 56.6 Å². The highest BCUT2D eigenvalue weighted by Gasteiger charge is 2.40. The molecule has 0 aliphatic heterocycles. The first-order chi connectivity index (χ1) is 18.5. The lowest BCUT2D eigenvalue weighted by atomic mass is 9.96. The van der Waals surface area contributed by atoms with Gasteiger partial charge in [0.2, 0.25) is 0 Å². The zero-order chi connectivity index (χ0) is 31.6. The lowest BCUT2D eigenvalue weighted by Crippen LogP contribution is -2.36. The van der Waals surface area contributed by atoms with Crippen molar-refractivity contribution in [2.45, 2.75) is 43.8 Å². The summed E-state index contributed by atoms with van der Waals surface area (Å²) in [5.74, 6) is -6.76. The van der Waals surface area contributed by atoms with Crippen LogP contribution in [0.25, 0.3) is 6.08 Å². The maximum atomic E-state index is 13.8. The van der Waals surface area contributed by atoms with Gasteiger partial charge in [0.25, 0.3) is 5.91 Å². The molecule has 2 aromatic carbocycles. The smallest absolute Gasteiger partial charge is 0.350 e. The van der Waals surface area contributed by atoms with Crippen molar-refractivity contribution in [3.63, 3.8) is 0 Å². The molecule has 228 valence electrons. The van der Waals surface area contributed by atoms with E-state index in [2.05, 4.69) is 5.32 Å². The van der Waals surface area contributed by atoms with Gasteiger partial charge < -0.3 is 5.32 Å². The summed E-state index contributed by atoms with van der Waals surface area (Å²) in [6.45, 7) is 1.18. The number of allylic oxidation sites excluding steroid dienone is 1. The predicted octanol–water partition coefficient (Wildman–Crippen LogP) is 8.51. The van der Waals surface area contributed by atoms with E-state index in [1.54, 1.807) is 0 Å². The molecule has 1 N–H and O–H groups in total. The van der Waals surface area contributed by atoms with Crippen molar-refractivity contribution in [2.24, 2.45) is 0 Å². The van der Waals surface area contributed by atoms with E-state index in [9.17, 15) is 52.7 Å². The molecule has 0 saturated heterocycles. The number of carbonyl (C=O) groups is 1. The van der Waals surface area contributed by atoms with Crippen LogP contribution in [-0.4, -0.2) is 44.2 Å². The van der Waals surface area contributed by atoms with Crippen LogP contribution in [0.4, 0.5) is 39.5 Å². The third-order valence-electron chi connectivity index (χ3n) is 5.42. The van der Waals surface area contributed by atoms with Gasteiger partial charge in [0.05, 0.1) is 37.9 Å². The number of sulfone groups is 1. The number of alkyl halides is 9. The molecule has 0 aromatic heterocycles. The average molecular weight is 679 g/mol. The minimum Gasteiger partial charge on any atom is -0.350 e. The van der Waals surface area contributed by atoms with Crippen molar-refractivity contribution in [3.8, 4) is 0 Å². The second-order valence-electron chi connectivity index (χ2n) is 8.85. The minimum atomic E-state index is -5.14. The topological polar surface area (TPSA) is 63.2 Å². The molecule has 0 bridgehead atoms. The van der Waals surface area contributed by atoms with Crippen LogP contribution in [0.5, 0.6) is 0 Å². The molecule has 4 nitrogen and oxygen atoms in total. The summed E-state index contributed by atoms with van der Waals surface area (Å²) in [5.41, 5.74) is -3.26. The molecule has 0 heterocycles. The van der Waals surface area contributed by atoms with Gasteiger partial charge in [-0.05, 0) is 48.7 Å². The van der Waals surface area contributed by atoms with Crippen molar-refractivity contribution in [1.29, 1.82) is 0 Å². The second kappa shape index (κ2) is 13.0. The van der Waals surface area contributed by atoms with Gasteiger partial charge in [-0.15, -0.1) is 0 Å². The summed E-state index contributed by atoms with van der Waals surface area (Å²) >= 11 is 17.4. The Morgan fingerprint density at radius 2 is 1.51 bits per heavy atom. The van der Waals surface area contributed by atoms with Crippen LogP contribution in [0.15, 0.2) is 36.4 Å². The van der Waals surface area contributed by atoms with Gasteiger partial charge in [-0.3, -0.25) is 4.79 Å². The Labute approximate surface area is 243 Å². The van der Waals surface area contributed by atoms with Crippen LogP contribution in [0.1, 0.15) is 46.3 Å². The van der Waals surface area contributed by atoms with E-state index in [-0.39, 0.29) is 20.6 Å². The van der Waals surface area contributed by atoms with Gasteiger partial charge in [0, 0.05) is 6.04 Å². The third-order valence-corrected chi connectivity index (χ3v) is 8.24. The van der Waals surface area contributed by atoms with E-state index < -0.39 is 80.8 Å². The van der Waals surface area contributed by atoms with E-state index in [4.69, 9.17) is 34.8 Å². The molecule has 0 radical (unpaired) electrons. The summed E-state index contributed by atoms with van der Waals surface area (Å²) in [7, 11) is -4.59. The molecule has 1 amide bonds. The van der Waals surface area contributed by atoms with Gasteiger partial charge in [0.15, 0.2) is 9.84 Å². The fourth-order valence-electron chi connectivity index (χ4n) is 3.52. The first-order valence-electron chi connectivity index (χ1n) is 11.2. The number of hydrogen-bond donors (Lipinski definition) is 1. The molecule has 41 heavy (non-hydrogen) atoms. The molecule has 2 aromatic rings. The molecule has 0 aliphatic rings. The predicted molar refractivity (Wildman–Crippen MR) is 137 cm³/mol. The molecule has 2 rings (SSSR count). The maximum Gasteiger partial charge on any atom is 0.417 e. The van der Waals surface area contributed by atoms with E-state index in [1.165, 1.54) is 6.92 Å². The van der Waals surface area contributed by atoms with Crippen molar-refractivity contribution in [2.75, 3.05) is 11.5 Å². The van der Waals surface area contributed by atoms with Crippen LogP contribution in [-0.2, 0) is 16.0 Å². The van der Waals surface area contributed by atoms with Gasteiger partial charge in [-0.25, -0.2) is 8.42 Å². The highest BCUT2D eigenvalue weighted by molar-refractivity contribution is 7.91. The summed E-state index contributed by atoms with van der Waals surface area (Å²) in [4.78, 5) is 12.5. The maximum absolute atomic E-state index is 13.8. The summed E-state index contributed by atoms with van der Waals surface area (Å²) in [5, 5.41) is 1.33. The fraction of sp³-hybridized carbons (Fsp3) is 0.375. The molecule has 2 unspecified atom stereocenters. The minimum absolute atomic E-state index is 0.192. The fourth-order valence-corrected chi connectivity index (χ4v) is 5.49. The Morgan fingerprint density at radius 3 is 2.00 bits per heavy atom. The Hall–Kier alpha value is -2.16. The van der Waals surface area contributed by atoms with Crippen LogP contribution >= 0.6 is 34.8 Å². The Morgan fingerprint density at radius 1 is 0.951 bits per heavy atom.